The van der Waals surface area contributed by atoms with Crippen molar-refractivity contribution in [2.24, 2.45) is 0 Å². The highest BCUT2D eigenvalue weighted by atomic mass is 32.1. The monoisotopic (exact) mass is 824 g/mol. The van der Waals surface area contributed by atoms with Gasteiger partial charge in [-0.3, -0.25) is 0 Å². The molecule has 9 aromatic carbocycles. The average Bonchev–Trinajstić information content (AvgIpc) is 3.83. The normalized spacial score (nSPS) is 12.7. The molecule has 0 saturated carbocycles. The SMILES string of the molecule is CC1(C)c2ccccc2-c2ccc(N(c3ccc(-c4ccccc4)cc3)c3ccc4c(c3)sc3cccc(-c5nc(-c6ccccc6)nc(-c6cccc7ccccc67)n5)c34)cc21. The molecule has 63 heavy (non-hydrogen) atoms. The lowest BCUT2D eigenvalue weighted by Crippen LogP contribution is -2.16. The predicted molar refractivity (Wildman–Crippen MR) is 264 cm³/mol. The van der Waals surface area contributed by atoms with Crippen molar-refractivity contribution < 1.29 is 0 Å². The van der Waals surface area contributed by atoms with Crippen molar-refractivity contribution in [3.63, 3.8) is 0 Å². The standard InChI is InChI=1S/C58H40N4S/c1-58(2)50-25-12-11-22-45(50)46-33-31-42(35-51(46)58)62(41-29-27-38(28-30-41)37-15-5-3-6-16-37)43-32-34-48-53(36-43)63-52-26-14-24-49(54(48)52)57-60-55(40-18-7-4-8-19-40)59-56(61-57)47-23-13-20-39-17-9-10-21-44(39)47/h3-36H,1-2H3. The largest absolute Gasteiger partial charge is 0.310 e. The molecular formula is C58H40N4S. The third-order valence-electron chi connectivity index (χ3n) is 12.7. The maximum atomic E-state index is 5.27. The van der Waals surface area contributed by atoms with E-state index in [1.54, 1.807) is 0 Å². The van der Waals surface area contributed by atoms with Crippen molar-refractivity contribution in [3.05, 3.63) is 217 Å². The van der Waals surface area contributed by atoms with Gasteiger partial charge in [-0.2, -0.15) is 0 Å². The molecule has 0 radical (unpaired) electrons. The number of anilines is 3. The molecule has 0 saturated heterocycles. The third kappa shape index (κ3) is 6.23. The van der Waals surface area contributed by atoms with Crippen LogP contribution in [0.25, 0.3) is 87.4 Å². The quantitative estimate of drug-likeness (QED) is 0.161. The Morgan fingerprint density at radius 3 is 1.78 bits per heavy atom. The second kappa shape index (κ2) is 14.7. The van der Waals surface area contributed by atoms with Gasteiger partial charge in [-0.15, -0.1) is 11.3 Å². The summed E-state index contributed by atoms with van der Waals surface area (Å²) in [6.45, 7) is 4.70. The van der Waals surface area contributed by atoms with Crippen LogP contribution in [-0.4, -0.2) is 15.0 Å². The second-order valence-electron chi connectivity index (χ2n) is 16.8. The summed E-state index contributed by atoms with van der Waals surface area (Å²) in [5.74, 6) is 1.96. The van der Waals surface area contributed by atoms with Crippen molar-refractivity contribution in [1.82, 2.24) is 15.0 Å². The summed E-state index contributed by atoms with van der Waals surface area (Å²) in [5, 5.41) is 4.58. The Morgan fingerprint density at radius 2 is 0.952 bits per heavy atom. The summed E-state index contributed by atoms with van der Waals surface area (Å²) >= 11 is 1.81. The van der Waals surface area contributed by atoms with Crippen LogP contribution in [0.3, 0.4) is 0 Å². The van der Waals surface area contributed by atoms with Gasteiger partial charge >= 0.3 is 0 Å². The van der Waals surface area contributed by atoms with Gasteiger partial charge < -0.3 is 4.90 Å². The fraction of sp³-hybridized carbons (Fsp3) is 0.0517. The molecule has 12 rings (SSSR count). The summed E-state index contributed by atoms with van der Waals surface area (Å²) in [7, 11) is 0. The first kappa shape index (κ1) is 37.1. The Morgan fingerprint density at radius 1 is 0.381 bits per heavy atom. The smallest absolute Gasteiger partial charge is 0.164 e. The van der Waals surface area contributed by atoms with Gasteiger partial charge in [-0.25, -0.2) is 15.0 Å². The topological polar surface area (TPSA) is 41.9 Å². The van der Waals surface area contributed by atoms with E-state index >= 15 is 0 Å². The molecule has 4 nitrogen and oxygen atoms in total. The maximum Gasteiger partial charge on any atom is 0.164 e. The minimum atomic E-state index is -0.126. The summed E-state index contributed by atoms with van der Waals surface area (Å²) in [5.41, 5.74) is 13.9. The van der Waals surface area contributed by atoms with E-state index in [1.807, 2.05) is 29.5 Å². The van der Waals surface area contributed by atoms with Crippen LogP contribution < -0.4 is 4.90 Å². The molecule has 0 bridgehead atoms. The highest BCUT2D eigenvalue weighted by molar-refractivity contribution is 7.26. The summed E-state index contributed by atoms with van der Waals surface area (Å²) < 4.78 is 2.38. The minimum absolute atomic E-state index is 0.126. The molecule has 0 amide bonds. The Hall–Kier alpha value is -7.73. The lowest BCUT2D eigenvalue weighted by Gasteiger charge is -2.28. The van der Waals surface area contributed by atoms with Crippen molar-refractivity contribution >= 4 is 59.3 Å². The van der Waals surface area contributed by atoms with E-state index in [4.69, 9.17) is 15.0 Å². The van der Waals surface area contributed by atoms with Crippen LogP contribution in [0.1, 0.15) is 25.0 Å². The molecule has 5 heteroatoms. The molecule has 2 aromatic heterocycles. The van der Waals surface area contributed by atoms with E-state index in [-0.39, 0.29) is 5.41 Å². The van der Waals surface area contributed by atoms with Crippen LogP contribution in [0.2, 0.25) is 0 Å². The van der Waals surface area contributed by atoms with Gasteiger partial charge in [0.25, 0.3) is 0 Å². The van der Waals surface area contributed by atoms with Crippen LogP contribution in [0, 0.1) is 0 Å². The van der Waals surface area contributed by atoms with E-state index in [9.17, 15) is 0 Å². The second-order valence-corrected chi connectivity index (χ2v) is 17.9. The van der Waals surface area contributed by atoms with Crippen LogP contribution in [-0.2, 0) is 5.41 Å². The number of benzene rings is 9. The van der Waals surface area contributed by atoms with Crippen LogP contribution >= 0.6 is 11.3 Å². The zero-order valence-electron chi connectivity index (χ0n) is 34.8. The molecule has 0 fully saturated rings. The summed E-state index contributed by atoms with van der Waals surface area (Å²) in [6.07, 6.45) is 0. The average molecular weight is 825 g/mol. The number of aromatic nitrogens is 3. The van der Waals surface area contributed by atoms with Crippen LogP contribution in [0.5, 0.6) is 0 Å². The van der Waals surface area contributed by atoms with Crippen molar-refractivity contribution in [3.8, 4) is 56.4 Å². The zero-order valence-corrected chi connectivity index (χ0v) is 35.6. The third-order valence-corrected chi connectivity index (χ3v) is 13.9. The Bertz CT molecular complexity index is 3530. The molecule has 0 N–H and O–H groups in total. The van der Waals surface area contributed by atoms with Gasteiger partial charge in [0.2, 0.25) is 0 Å². The fourth-order valence-corrected chi connectivity index (χ4v) is 10.8. The van der Waals surface area contributed by atoms with Gasteiger partial charge in [0, 0.05) is 59.3 Å². The first-order valence-corrected chi connectivity index (χ1v) is 22.2. The van der Waals surface area contributed by atoms with Gasteiger partial charge in [-0.1, -0.05) is 178 Å². The lowest BCUT2D eigenvalue weighted by molar-refractivity contribution is 0.660. The molecule has 0 aliphatic heterocycles. The number of rotatable bonds is 7. The molecule has 11 aromatic rings. The Labute approximate surface area is 370 Å². The minimum Gasteiger partial charge on any atom is -0.310 e. The number of nitrogens with zero attached hydrogens (tertiary/aromatic N) is 4. The first-order valence-electron chi connectivity index (χ1n) is 21.4. The van der Waals surface area contributed by atoms with E-state index in [1.165, 1.54) is 48.2 Å². The van der Waals surface area contributed by atoms with Gasteiger partial charge in [-0.05, 0) is 86.6 Å². The number of hydrogen-bond donors (Lipinski definition) is 0. The number of fused-ring (bicyclic) bond motifs is 7. The lowest BCUT2D eigenvalue weighted by atomic mass is 9.82. The van der Waals surface area contributed by atoms with Crippen molar-refractivity contribution in [2.45, 2.75) is 19.3 Å². The van der Waals surface area contributed by atoms with Gasteiger partial charge in [0.15, 0.2) is 17.5 Å². The fourth-order valence-electron chi connectivity index (χ4n) is 9.61. The molecular weight excluding hydrogens is 785 g/mol. The summed E-state index contributed by atoms with van der Waals surface area (Å²) in [4.78, 5) is 18.0. The zero-order chi connectivity index (χ0) is 42.1. The highest BCUT2D eigenvalue weighted by Crippen LogP contribution is 2.51. The maximum absolute atomic E-state index is 5.27. The number of thiophene rings is 1. The molecule has 298 valence electrons. The van der Waals surface area contributed by atoms with E-state index < -0.39 is 0 Å². The highest BCUT2D eigenvalue weighted by Gasteiger charge is 2.35. The van der Waals surface area contributed by atoms with Crippen molar-refractivity contribution in [1.29, 1.82) is 0 Å². The Kier molecular flexibility index (Phi) is 8.66. The predicted octanol–water partition coefficient (Wildman–Crippen LogP) is 15.8. The summed E-state index contributed by atoms with van der Waals surface area (Å²) in [6, 6.07) is 73.8. The van der Waals surface area contributed by atoms with Crippen molar-refractivity contribution in [2.75, 3.05) is 4.90 Å². The molecule has 1 aliphatic rings. The van der Waals surface area contributed by atoms with E-state index in [2.05, 4.69) is 207 Å². The molecule has 0 spiro atoms. The van der Waals surface area contributed by atoms with E-state index in [0.29, 0.717) is 17.5 Å². The number of hydrogen-bond acceptors (Lipinski definition) is 5. The van der Waals surface area contributed by atoms with Crippen LogP contribution in [0.4, 0.5) is 17.1 Å². The Balaban J connectivity index is 1.02. The molecule has 2 heterocycles. The molecule has 0 atom stereocenters. The van der Waals surface area contributed by atoms with Gasteiger partial charge in [0.1, 0.15) is 0 Å². The first-order chi connectivity index (χ1) is 31.0. The van der Waals surface area contributed by atoms with E-state index in [0.717, 1.165) is 49.9 Å². The molecule has 1 aliphatic carbocycles. The van der Waals surface area contributed by atoms with Gasteiger partial charge in [0.05, 0.1) is 0 Å². The van der Waals surface area contributed by atoms with Crippen LogP contribution in [0.15, 0.2) is 206 Å². The molecule has 0 unspecified atom stereocenters.